The lowest BCUT2D eigenvalue weighted by Gasteiger charge is -2.29. The maximum absolute atomic E-state index is 11.1. The van der Waals surface area contributed by atoms with E-state index in [0.29, 0.717) is 13.2 Å². The van der Waals surface area contributed by atoms with Crippen molar-refractivity contribution in [1.82, 2.24) is 4.90 Å². The van der Waals surface area contributed by atoms with E-state index in [4.69, 9.17) is 9.47 Å². The second-order valence-corrected chi connectivity index (χ2v) is 5.66. The summed E-state index contributed by atoms with van der Waals surface area (Å²) in [5.74, 6) is 0.780. The second kappa shape index (κ2) is 7.78. The number of rotatable bonds is 6. The summed E-state index contributed by atoms with van der Waals surface area (Å²) in [7, 11) is 1.66. The Morgan fingerprint density at radius 3 is 2.76 bits per heavy atom. The SMILES string of the molecule is CCN1CCCC(O)(c2ccccc2OCCOC)CC1. The molecule has 1 N–H and O–H groups in total. The highest BCUT2D eigenvalue weighted by Gasteiger charge is 2.34. The van der Waals surface area contributed by atoms with Gasteiger partial charge in [0, 0.05) is 19.2 Å². The van der Waals surface area contributed by atoms with Crippen LogP contribution in [0.4, 0.5) is 0 Å². The first-order valence-corrected chi connectivity index (χ1v) is 7.85. The van der Waals surface area contributed by atoms with Gasteiger partial charge in [-0.05, 0) is 38.4 Å². The molecule has 0 bridgehead atoms. The molecule has 118 valence electrons. The van der Waals surface area contributed by atoms with Crippen molar-refractivity contribution in [2.24, 2.45) is 0 Å². The van der Waals surface area contributed by atoms with Gasteiger partial charge in [0.15, 0.2) is 0 Å². The van der Waals surface area contributed by atoms with Gasteiger partial charge in [-0.25, -0.2) is 0 Å². The van der Waals surface area contributed by atoms with E-state index in [0.717, 1.165) is 50.2 Å². The number of nitrogens with zero attached hydrogens (tertiary/aromatic N) is 1. The number of hydrogen-bond acceptors (Lipinski definition) is 4. The summed E-state index contributed by atoms with van der Waals surface area (Å²) in [4.78, 5) is 2.40. The highest BCUT2D eigenvalue weighted by molar-refractivity contribution is 5.38. The fraction of sp³-hybridized carbons (Fsp3) is 0.647. The highest BCUT2D eigenvalue weighted by atomic mass is 16.5. The summed E-state index contributed by atoms with van der Waals surface area (Å²) >= 11 is 0. The van der Waals surface area contributed by atoms with E-state index in [2.05, 4.69) is 11.8 Å². The number of aliphatic hydroxyl groups is 1. The van der Waals surface area contributed by atoms with Crippen molar-refractivity contribution in [2.45, 2.75) is 31.8 Å². The first-order valence-electron chi connectivity index (χ1n) is 7.85. The van der Waals surface area contributed by atoms with Crippen molar-refractivity contribution in [1.29, 1.82) is 0 Å². The van der Waals surface area contributed by atoms with E-state index in [9.17, 15) is 5.11 Å². The third-order valence-electron chi connectivity index (χ3n) is 4.29. The van der Waals surface area contributed by atoms with E-state index < -0.39 is 5.60 Å². The largest absolute Gasteiger partial charge is 0.491 e. The fourth-order valence-corrected chi connectivity index (χ4v) is 2.97. The monoisotopic (exact) mass is 293 g/mol. The van der Waals surface area contributed by atoms with Crippen LogP contribution in [0.5, 0.6) is 5.75 Å². The van der Waals surface area contributed by atoms with Crippen LogP contribution >= 0.6 is 0 Å². The smallest absolute Gasteiger partial charge is 0.125 e. The molecule has 1 heterocycles. The predicted octanol–water partition coefficient (Wildman–Crippen LogP) is 2.41. The van der Waals surface area contributed by atoms with E-state index in [1.165, 1.54) is 0 Å². The lowest BCUT2D eigenvalue weighted by atomic mass is 9.86. The van der Waals surface area contributed by atoms with Gasteiger partial charge in [-0.15, -0.1) is 0 Å². The van der Waals surface area contributed by atoms with Crippen molar-refractivity contribution >= 4 is 0 Å². The molecule has 1 aliphatic rings. The molecule has 1 unspecified atom stereocenters. The molecule has 1 aromatic rings. The van der Waals surface area contributed by atoms with Crippen LogP contribution in [0.25, 0.3) is 0 Å². The van der Waals surface area contributed by atoms with Crippen LogP contribution in [0.2, 0.25) is 0 Å². The third-order valence-corrected chi connectivity index (χ3v) is 4.29. The molecule has 2 rings (SSSR count). The molecule has 1 fully saturated rings. The lowest BCUT2D eigenvalue weighted by Crippen LogP contribution is -2.29. The first-order chi connectivity index (χ1) is 10.2. The van der Waals surface area contributed by atoms with Crippen LogP contribution in [0.1, 0.15) is 31.7 Å². The van der Waals surface area contributed by atoms with Crippen molar-refractivity contribution in [3.05, 3.63) is 29.8 Å². The normalized spacial score (nSPS) is 23.8. The number of hydrogen-bond donors (Lipinski definition) is 1. The molecule has 4 nitrogen and oxygen atoms in total. The van der Waals surface area contributed by atoms with Crippen LogP contribution in [0.3, 0.4) is 0 Å². The predicted molar refractivity (Wildman–Crippen MR) is 83.7 cm³/mol. The van der Waals surface area contributed by atoms with Crippen LogP contribution in [-0.2, 0) is 10.3 Å². The Hall–Kier alpha value is -1.10. The van der Waals surface area contributed by atoms with E-state index in [-0.39, 0.29) is 0 Å². The Morgan fingerprint density at radius 1 is 1.19 bits per heavy atom. The summed E-state index contributed by atoms with van der Waals surface area (Å²) in [6, 6.07) is 7.85. The molecule has 1 aromatic carbocycles. The van der Waals surface area contributed by atoms with Gasteiger partial charge in [0.25, 0.3) is 0 Å². The molecule has 1 atom stereocenters. The quantitative estimate of drug-likeness (QED) is 0.818. The van der Waals surface area contributed by atoms with Crippen LogP contribution in [-0.4, -0.2) is 50.0 Å². The molecule has 21 heavy (non-hydrogen) atoms. The maximum atomic E-state index is 11.1. The minimum absolute atomic E-state index is 0.505. The Morgan fingerprint density at radius 2 is 2.00 bits per heavy atom. The molecule has 0 spiro atoms. The number of methoxy groups -OCH3 is 1. The van der Waals surface area contributed by atoms with Crippen LogP contribution in [0, 0.1) is 0 Å². The fourth-order valence-electron chi connectivity index (χ4n) is 2.97. The van der Waals surface area contributed by atoms with Crippen LogP contribution < -0.4 is 4.74 Å². The summed E-state index contributed by atoms with van der Waals surface area (Å²) in [5, 5.41) is 11.1. The Kier molecular flexibility index (Phi) is 6.03. The zero-order valence-electron chi connectivity index (χ0n) is 13.2. The topological polar surface area (TPSA) is 41.9 Å². The third kappa shape index (κ3) is 4.19. The van der Waals surface area contributed by atoms with E-state index in [1.54, 1.807) is 7.11 Å². The average Bonchev–Trinajstić information content (AvgIpc) is 2.70. The molecule has 0 aliphatic carbocycles. The van der Waals surface area contributed by atoms with Crippen molar-refractivity contribution in [2.75, 3.05) is 40.0 Å². The standard InChI is InChI=1S/C17H27NO3/c1-3-18-11-6-9-17(19,10-12-18)15-7-4-5-8-16(15)21-14-13-20-2/h4-5,7-8,19H,3,6,9-14H2,1-2H3. The first kappa shape index (κ1) is 16.3. The Labute approximate surface area is 127 Å². The molecule has 1 saturated heterocycles. The molecular formula is C17H27NO3. The highest BCUT2D eigenvalue weighted by Crippen LogP contribution is 2.38. The Balaban J connectivity index is 2.15. The molecular weight excluding hydrogens is 266 g/mol. The minimum atomic E-state index is -0.784. The van der Waals surface area contributed by atoms with Gasteiger partial charge < -0.3 is 19.5 Å². The zero-order valence-corrected chi connectivity index (χ0v) is 13.2. The van der Waals surface area contributed by atoms with Gasteiger partial charge in [-0.2, -0.15) is 0 Å². The molecule has 0 saturated carbocycles. The van der Waals surface area contributed by atoms with Gasteiger partial charge in [0.1, 0.15) is 12.4 Å². The van der Waals surface area contributed by atoms with Gasteiger partial charge in [-0.3, -0.25) is 0 Å². The number of benzene rings is 1. The second-order valence-electron chi connectivity index (χ2n) is 5.66. The summed E-state index contributed by atoms with van der Waals surface area (Å²) in [5.41, 5.74) is 0.132. The lowest BCUT2D eigenvalue weighted by molar-refractivity contribution is 0.0179. The van der Waals surface area contributed by atoms with E-state index >= 15 is 0 Å². The molecule has 0 radical (unpaired) electrons. The number of para-hydroxylation sites is 1. The van der Waals surface area contributed by atoms with Gasteiger partial charge >= 0.3 is 0 Å². The minimum Gasteiger partial charge on any atom is -0.491 e. The molecule has 1 aliphatic heterocycles. The summed E-state index contributed by atoms with van der Waals surface area (Å²) in [6.45, 7) is 6.26. The molecule has 0 aromatic heterocycles. The van der Waals surface area contributed by atoms with Crippen LogP contribution in [0.15, 0.2) is 24.3 Å². The van der Waals surface area contributed by atoms with Gasteiger partial charge in [0.05, 0.1) is 12.2 Å². The zero-order chi connectivity index (χ0) is 15.1. The number of likely N-dealkylation sites (tertiary alicyclic amines) is 1. The van der Waals surface area contributed by atoms with Gasteiger partial charge in [-0.1, -0.05) is 25.1 Å². The molecule has 4 heteroatoms. The van der Waals surface area contributed by atoms with E-state index in [1.807, 2.05) is 24.3 Å². The Bertz CT molecular complexity index is 438. The molecule has 0 amide bonds. The van der Waals surface area contributed by atoms with Crippen molar-refractivity contribution < 1.29 is 14.6 Å². The number of ether oxygens (including phenoxy) is 2. The van der Waals surface area contributed by atoms with Crippen molar-refractivity contribution in [3.8, 4) is 5.75 Å². The van der Waals surface area contributed by atoms with Gasteiger partial charge in [0.2, 0.25) is 0 Å². The average molecular weight is 293 g/mol. The van der Waals surface area contributed by atoms with Crippen molar-refractivity contribution in [3.63, 3.8) is 0 Å². The maximum Gasteiger partial charge on any atom is 0.125 e. The summed E-state index contributed by atoms with van der Waals surface area (Å²) < 4.78 is 10.8. The summed E-state index contributed by atoms with van der Waals surface area (Å²) in [6.07, 6.45) is 2.55.